The summed E-state index contributed by atoms with van der Waals surface area (Å²) in [5, 5.41) is 9.58. The van der Waals surface area contributed by atoms with Crippen molar-refractivity contribution >= 4 is 11.9 Å². The molecule has 0 saturated carbocycles. The van der Waals surface area contributed by atoms with E-state index in [1.54, 1.807) is 0 Å². The van der Waals surface area contributed by atoms with Crippen LogP contribution in [0.15, 0.2) is 96.0 Å². The highest BCUT2D eigenvalue weighted by molar-refractivity contribution is 5.76. The van der Waals surface area contributed by atoms with E-state index >= 15 is 0 Å². The van der Waals surface area contributed by atoms with Gasteiger partial charge in [0.25, 0.3) is 0 Å². The molecule has 3 aromatic rings. The number of hydrogen-bond acceptors (Lipinski definition) is 3. The molecule has 0 bridgehead atoms. The quantitative estimate of drug-likeness (QED) is 0.242. The highest BCUT2D eigenvalue weighted by Crippen LogP contribution is 2.47. The van der Waals surface area contributed by atoms with Gasteiger partial charge in [-0.05, 0) is 29.0 Å². The average molecular weight is 417 g/mol. The first kappa shape index (κ1) is 22.1. The summed E-state index contributed by atoms with van der Waals surface area (Å²) in [6, 6.07) is 29.0. The van der Waals surface area contributed by atoms with Gasteiger partial charge in [0.15, 0.2) is 5.96 Å². The van der Waals surface area contributed by atoms with E-state index in [0.29, 0.717) is 0 Å². The molecule has 0 spiro atoms. The topological polar surface area (TPSA) is 128 Å². The third-order valence-electron chi connectivity index (χ3n) is 5.65. The first-order valence-corrected chi connectivity index (χ1v) is 10.2. The molecule has 1 unspecified atom stereocenters. The van der Waals surface area contributed by atoms with Crippen LogP contribution in [0.5, 0.6) is 0 Å². The van der Waals surface area contributed by atoms with E-state index in [4.69, 9.17) is 17.2 Å². The summed E-state index contributed by atoms with van der Waals surface area (Å²) >= 11 is 0. The van der Waals surface area contributed by atoms with Gasteiger partial charge in [-0.15, -0.1) is 0 Å². The van der Waals surface area contributed by atoms with Crippen LogP contribution >= 0.6 is 0 Å². The monoisotopic (exact) mass is 416 g/mol. The minimum absolute atomic E-state index is 0.0445. The van der Waals surface area contributed by atoms with Gasteiger partial charge >= 0.3 is 5.97 Å². The SMILES string of the molecule is NC(N)=NCC(C[C@H](N)C(=O)O)C(c1ccccc1)(c1ccccc1)c1ccccc1. The lowest BCUT2D eigenvalue weighted by Crippen LogP contribution is -2.45. The molecular formula is C25H28N4O2. The summed E-state index contributed by atoms with van der Waals surface area (Å²) < 4.78 is 0. The van der Waals surface area contributed by atoms with Crippen molar-refractivity contribution in [2.24, 2.45) is 28.1 Å². The lowest BCUT2D eigenvalue weighted by Gasteiger charge is -2.43. The summed E-state index contributed by atoms with van der Waals surface area (Å²) in [6.45, 7) is 0.224. The van der Waals surface area contributed by atoms with Gasteiger partial charge in [-0.2, -0.15) is 0 Å². The standard InChI is InChI=1S/C25H28N4O2/c26-22(23(30)31)16-21(17-29-24(27)28)25(18-10-4-1-5-11-18,19-12-6-2-7-13-19)20-14-8-3-9-15-20/h1-15,21-22H,16-17,26H2,(H,30,31)(H4,27,28,29)/t21?,22-/m0/s1. The fourth-order valence-corrected chi connectivity index (χ4v) is 4.32. The molecule has 2 atom stereocenters. The third-order valence-corrected chi connectivity index (χ3v) is 5.65. The largest absolute Gasteiger partial charge is 0.480 e. The molecule has 0 saturated heterocycles. The van der Waals surface area contributed by atoms with Gasteiger partial charge in [-0.3, -0.25) is 9.79 Å². The van der Waals surface area contributed by atoms with Crippen molar-refractivity contribution in [1.29, 1.82) is 0 Å². The number of carboxylic acid groups (broad SMARTS) is 1. The molecule has 0 heterocycles. The van der Waals surface area contributed by atoms with Gasteiger partial charge < -0.3 is 22.3 Å². The zero-order valence-electron chi connectivity index (χ0n) is 17.3. The molecule has 160 valence electrons. The van der Waals surface area contributed by atoms with Crippen LogP contribution in [-0.4, -0.2) is 29.6 Å². The molecule has 7 N–H and O–H groups in total. The Morgan fingerprint density at radius 2 is 1.19 bits per heavy atom. The molecule has 3 aromatic carbocycles. The molecule has 0 amide bonds. The number of carbonyl (C=O) groups is 1. The van der Waals surface area contributed by atoms with Crippen molar-refractivity contribution in [2.45, 2.75) is 17.9 Å². The fourth-order valence-electron chi connectivity index (χ4n) is 4.32. The Balaban J connectivity index is 2.35. The molecule has 0 aliphatic heterocycles. The van der Waals surface area contributed by atoms with E-state index < -0.39 is 17.4 Å². The molecule has 0 radical (unpaired) electrons. The molecule has 3 rings (SSSR count). The second-order valence-corrected chi connectivity index (χ2v) is 7.55. The number of nitrogens with zero attached hydrogens (tertiary/aromatic N) is 1. The van der Waals surface area contributed by atoms with Crippen molar-refractivity contribution in [3.63, 3.8) is 0 Å². The third kappa shape index (κ3) is 4.75. The lowest BCUT2D eigenvalue weighted by molar-refractivity contribution is -0.139. The smallest absolute Gasteiger partial charge is 0.320 e. The van der Waals surface area contributed by atoms with E-state index in [1.165, 1.54) is 0 Å². The summed E-state index contributed by atoms with van der Waals surface area (Å²) in [5.74, 6) is -1.43. The van der Waals surface area contributed by atoms with Crippen LogP contribution < -0.4 is 17.2 Å². The molecule has 0 aliphatic rings. The first-order chi connectivity index (χ1) is 15.0. The van der Waals surface area contributed by atoms with Crippen LogP contribution in [0, 0.1) is 5.92 Å². The van der Waals surface area contributed by atoms with E-state index in [2.05, 4.69) is 41.4 Å². The number of aliphatic imine (C=N–C) groups is 1. The number of benzene rings is 3. The zero-order chi connectivity index (χ0) is 22.3. The Bertz CT molecular complexity index is 907. The predicted molar refractivity (Wildman–Crippen MR) is 124 cm³/mol. The minimum atomic E-state index is -1.06. The van der Waals surface area contributed by atoms with Crippen LogP contribution in [0.1, 0.15) is 23.1 Å². The second-order valence-electron chi connectivity index (χ2n) is 7.55. The Morgan fingerprint density at radius 1 is 0.806 bits per heavy atom. The first-order valence-electron chi connectivity index (χ1n) is 10.2. The number of nitrogens with two attached hydrogens (primary N) is 3. The lowest BCUT2D eigenvalue weighted by atomic mass is 9.60. The van der Waals surface area contributed by atoms with Gasteiger partial charge in [0, 0.05) is 12.0 Å². The van der Waals surface area contributed by atoms with Crippen LogP contribution in [0.3, 0.4) is 0 Å². The number of rotatable bonds is 9. The van der Waals surface area contributed by atoms with E-state index in [1.807, 2.05) is 54.6 Å². The molecular weight excluding hydrogens is 388 g/mol. The predicted octanol–water partition coefficient (Wildman–Crippen LogP) is 2.71. The van der Waals surface area contributed by atoms with E-state index in [9.17, 15) is 9.90 Å². The molecule has 6 nitrogen and oxygen atoms in total. The molecule has 0 aromatic heterocycles. The van der Waals surface area contributed by atoms with Gasteiger partial charge in [0.2, 0.25) is 0 Å². The molecule has 6 heteroatoms. The second kappa shape index (κ2) is 9.91. The number of guanidine groups is 1. The Labute approximate surface area is 182 Å². The van der Waals surface area contributed by atoms with Crippen LogP contribution in [0.25, 0.3) is 0 Å². The average Bonchev–Trinajstić information content (AvgIpc) is 2.79. The van der Waals surface area contributed by atoms with Crippen LogP contribution in [0.2, 0.25) is 0 Å². The maximum absolute atomic E-state index is 11.7. The van der Waals surface area contributed by atoms with Gasteiger partial charge in [0.1, 0.15) is 6.04 Å². The minimum Gasteiger partial charge on any atom is -0.480 e. The summed E-state index contributed by atoms with van der Waals surface area (Å²) in [5.41, 5.74) is 19.7. The van der Waals surface area contributed by atoms with Crippen LogP contribution in [0.4, 0.5) is 0 Å². The van der Waals surface area contributed by atoms with Crippen molar-refractivity contribution in [3.05, 3.63) is 108 Å². The Morgan fingerprint density at radius 3 is 1.52 bits per heavy atom. The summed E-state index contributed by atoms with van der Waals surface area (Å²) in [4.78, 5) is 16.0. The zero-order valence-corrected chi connectivity index (χ0v) is 17.3. The van der Waals surface area contributed by atoms with Gasteiger partial charge in [-0.1, -0.05) is 91.0 Å². The Hall–Kier alpha value is -3.64. The summed E-state index contributed by atoms with van der Waals surface area (Å²) in [7, 11) is 0. The Kier molecular flexibility index (Phi) is 7.05. The molecule has 0 aliphatic carbocycles. The van der Waals surface area contributed by atoms with E-state index in [0.717, 1.165) is 16.7 Å². The highest BCUT2D eigenvalue weighted by Gasteiger charge is 2.44. The maximum Gasteiger partial charge on any atom is 0.320 e. The molecule has 0 fully saturated rings. The van der Waals surface area contributed by atoms with Crippen molar-refractivity contribution in [1.82, 2.24) is 0 Å². The normalized spacial score (nSPS) is 13.2. The number of aliphatic carboxylic acids is 1. The van der Waals surface area contributed by atoms with Crippen LogP contribution in [-0.2, 0) is 10.2 Å². The van der Waals surface area contributed by atoms with Crippen molar-refractivity contribution in [2.75, 3.05) is 6.54 Å². The van der Waals surface area contributed by atoms with Gasteiger partial charge in [-0.25, -0.2) is 0 Å². The number of carboxylic acids is 1. The van der Waals surface area contributed by atoms with Crippen molar-refractivity contribution in [3.8, 4) is 0 Å². The maximum atomic E-state index is 11.7. The molecule has 31 heavy (non-hydrogen) atoms. The highest BCUT2D eigenvalue weighted by atomic mass is 16.4. The van der Waals surface area contributed by atoms with E-state index in [-0.39, 0.29) is 24.8 Å². The van der Waals surface area contributed by atoms with Gasteiger partial charge in [0.05, 0.1) is 0 Å². The number of hydrogen-bond donors (Lipinski definition) is 4. The fraction of sp³-hybridized carbons (Fsp3) is 0.200. The summed E-state index contributed by atoms with van der Waals surface area (Å²) in [6.07, 6.45) is 0.185. The van der Waals surface area contributed by atoms with Crippen molar-refractivity contribution < 1.29 is 9.90 Å².